The van der Waals surface area contributed by atoms with E-state index in [0.717, 1.165) is 49.2 Å². The molecule has 1 unspecified atom stereocenters. The molecule has 6 nitrogen and oxygen atoms in total. The molecule has 0 radical (unpaired) electrons. The van der Waals surface area contributed by atoms with Gasteiger partial charge in [0.15, 0.2) is 5.96 Å². The van der Waals surface area contributed by atoms with E-state index in [-0.39, 0.29) is 12.0 Å². The zero-order valence-corrected chi connectivity index (χ0v) is 19.1. The van der Waals surface area contributed by atoms with Crippen molar-refractivity contribution in [1.29, 1.82) is 0 Å². The number of guanidine groups is 1. The summed E-state index contributed by atoms with van der Waals surface area (Å²) >= 11 is 0. The number of nitrogens with one attached hydrogen (secondary N) is 2. The van der Waals surface area contributed by atoms with Gasteiger partial charge in [0.05, 0.1) is 14.2 Å². The largest absolute Gasteiger partial charge is 0.497 e. The minimum absolute atomic E-state index is 0.126. The Morgan fingerprint density at radius 2 is 1.75 bits per heavy atom. The topological polar surface area (TPSA) is 58.1 Å². The molecule has 32 heavy (non-hydrogen) atoms. The van der Waals surface area contributed by atoms with Gasteiger partial charge in [0.1, 0.15) is 23.1 Å². The molecule has 1 atom stereocenters. The highest BCUT2D eigenvalue weighted by Gasteiger charge is 2.21. The van der Waals surface area contributed by atoms with E-state index < -0.39 is 11.6 Å². The second-order valence-electron chi connectivity index (χ2n) is 8.00. The average molecular weight is 447 g/mol. The predicted octanol–water partition coefficient (Wildman–Crippen LogP) is 3.92. The monoisotopic (exact) mass is 446 g/mol. The van der Waals surface area contributed by atoms with E-state index in [0.29, 0.717) is 18.1 Å². The van der Waals surface area contributed by atoms with Crippen LogP contribution in [0.1, 0.15) is 31.2 Å². The first-order valence-electron chi connectivity index (χ1n) is 10.8. The van der Waals surface area contributed by atoms with E-state index in [1.807, 2.05) is 25.1 Å². The van der Waals surface area contributed by atoms with Gasteiger partial charge in [-0.3, -0.25) is 4.99 Å². The molecule has 0 amide bonds. The molecule has 1 aliphatic rings. The SMILES string of the molecule is CN=C(NCC(C)c1ccc(F)cc1F)NC1CCN(c2cc(OC)cc(OC)c2)CC1. The molecule has 3 rings (SSSR count). The van der Waals surface area contributed by atoms with Crippen LogP contribution in [0, 0.1) is 11.6 Å². The molecule has 1 fully saturated rings. The summed E-state index contributed by atoms with van der Waals surface area (Å²) in [6, 6.07) is 9.89. The number of hydrogen-bond acceptors (Lipinski definition) is 4. The van der Waals surface area contributed by atoms with Crippen LogP contribution in [0.5, 0.6) is 11.5 Å². The Bertz CT molecular complexity index is 908. The van der Waals surface area contributed by atoms with Gasteiger partial charge in [-0.2, -0.15) is 0 Å². The van der Waals surface area contributed by atoms with Crippen molar-refractivity contribution in [1.82, 2.24) is 10.6 Å². The van der Waals surface area contributed by atoms with Crippen LogP contribution in [-0.2, 0) is 0 Å². The third-order valence-corrected chi connectivity index (χ3v) is 5.83. The predicted molar refractivity (Wildman–Crippen MR) is 124 cm³/mol. The Hall–Kier alpha value is -3.03. The number of methoxy groups -OCH3 is 2. The second kappa shape index (κ2) is 11.0. The van der Waals surface area contributed by atoms with E-state index in [4.69, 9.17) is 9.47 Å². The van der Waals surface area contributed by atoms with Crippen molar-refractivity contribution < 1.29 is 18.3 Å². The lowest BCUT2D eigenvalue weighted by Gasteiger charge is -2.35. The summed E-state index contributed by atoms with van der Waals surface area (Å²) in [5.41, 5.74) is 1.56. The molecule has 1 heterocycles. The summed E-state index contributed by atoms with van der Waals surface area (Å²) in [5.74, 6) is 1.01. The highest BCUT2D eigenvalue weighted by molar-refractivity contribution is 5.80. The first-order valence-corrected chi connectivity index (χ1v) is 10.8. The molecule has 174 valence electrons. The van der Waals surface area contributed by atoms with Crippen molar-refractivity contribution in [2.75, 3.05) is 45.8 Å². The standard InChI is InChI=1S/C24H32F2N4O2/c1-16(22-6-5-17(25)11-23(22)26)15-28-24(27-2)29-18-7-9-30(10-8-18)19-12-20(31-3)14-21(13-19)32-4/h5-6,11-14,16,18H,7-10,15H2,1-4H3,(H2,27,28,29). The summed E-state index contributed by atoms with van der Waals surface area (Å²) in [6.07, 6.45) is 1.89. The van der Waals surface area contributed by atoms with Gasteiger partial charge in [-0.25, -0.2) is 8.78 Å². The molecule has 0 bridgehead atoms. The number of ether oxygens (including phenoxy) is 2. The lowest BCUT2D eigenvalue weighted by Crippen LogP contribution is -2.49. The Labute approximate surface area is 188 Å². The second-order valence-corrected chi connectivity index (χ2v) is 8.00. The van der Waals surface area contributed by atoms with Gasteiger partial charge in [-0.15, -0.1) is 0 Å². The van der Waals surface area contributed by atoms with Gasteiger partial charge in [0, 0.05) is 68.6 Å². The van der Waals surface area contributed by atoms with Crippen LogP contribution in [0.3, 0.4) is 0 Å². The van der Waals surface area contributed by atoms with E-state index in [1.165, 1.54) is 12.1 Å². The fraction of sp³-hybridized carbons (Fsp3) is 0.458. The third kappa shape index (κ3) is 6.02. The van der Waals surface area contributed by atoms with Gasteiger partial charge >= 0.3 is 0 Å². The molecule has 0 spiro atoms. The van der Waals surface area contributed by atoms with Crippen LogP contribution in [-0.4, -0.2) is 52.9 Å². The molecule has 1 saturated heterocycles. The zero-order valence-electron chi connectivity index (χ0n) is 19.1. The summed E-state index contributed by atoms with van der Waals surface area (Å²) in [7, 11) is 5.02. The number of anilines is 1. The number of nitrogens with zero attached hydrogens (tertiary/aromatic N) is 2. The lowest BCUT2D eigenvalue weighted by molar-refractivity contribution is 0.393. The number of rotatable bonds is 7. The maximum Gasteiger partial charge on any atom is 0.191 e. The van der Waals surface area contributed by atoms with Crippen molar-refractivity contribution in [3.05, 3.63) is 53.6 Å². The molecule has 1 aliphatic heterocycles. The maximum atomic E-state index is 14.0. The number of piperidine rings is 1. The Balaban J connectivity index is 1.51. The van der Waals surface area contributed by atoms with Crippen molar-refractivity contribution in [2.24, 2.45) is 4.99 Å². The van der Waals surface area contributed by atoms with Crippen LogP contribution in [0.15, 0.2) is 41.4 Å². The van der Waals surface area contributed by atoms with Crippen LogP contribution in [0.4, 0.5) is 14.5 Å². The first kappa shape index (κ1) is 23.6. The van der Waals surface area contributed by atoms with Gasteiger partial charge < -0.3 is 25.0 Å². The van der Waals surface area contributed by atoms with Gasteiger partial charge in [-0.1, -0.05) is 13.0 Å². The number of halogens is 2. The van der Waals surface area contributed by atoms with Crippen molar-refractivity contribution >= 4 is 11.6 Å². The Morgan fingerprint density at radius 3 is 2.31 bits per heavy atom. The molecule has 2 aromatic carbocycles. The van der Waals surface area contributed by atoms with Crippen LogP contribution >= 0.6 is 0 Å². The van der Waals surface area contributed by atoms with E-state index >= 15 is 0 Å². The molecule has 2 aromatic rings. The van der Waals surface area contributed by atoms with Crippen molar-refractivity contribution in [2.45, 2.75) is 31.7 Å². The molecular formula is C24H32F2N4O2. The number of aliphatic imine (C=N–C) groups is 1. The minimum atomic E-state index is -0.567. The fourth-order valence-electron chi connectivity index (χ4n) is 3.91. The highest BCUT2D eigenvalue weighted by atomic mass is 19.1. The van der Waals surface area contributed by atoms with Gasteiger partial charge in [-0.05, 0) is 24.5 Å². The normalized spacial score (nSPS) is 15.9. The minimum Gasteiger partial charge on any atom is -0.497 e. The molecular weight excluding hydrogens is 414 g/mol. The summed E-state index contributed by atoms with van der Waals surface area (Å²) < 4.78 is 37.9. The third-order valence-electron chi connectivity index (χ3n) is 5.83. The molecule has 8 heteroatoms. The quantitative estimate of drug-likeness (QED) is 0.499. The zero-order chi connectivity index (χ0) is 23.1. The summed E-state index contributed by atoms with van der Waals surface area (Å²) in [5, 5.41) is 6.72. The van der Waals surface area contributed by atoms with Crippen LogP contribution in [0.2, 0.25) is 0 Å². The molecule has 0 aliphatic carbocycles. The fourth-order valence-corrected chi connectivity index (χ4v) is 3.91. The van der Waals surface area contributed by atoms with Gasteiger partial charge in [0.2, 0.25) is 0 Å². The number of hydrogen-bond donors (Lipinski definition) is 2. The Kier molecular flexibility index (Phi) is 8.14. The van der Waals surface area contributed by atoms with Crippen molar-refractivity contribution in [3.63, 3.8) is 0 Å². The first-order chi connectivity index (χ1) is 15.4. The average Bonchev–Trinajstić information content (AvgIpc) is 2.81. The molecule has 2 N–H and O–H groups in total. The molecule has 0 saturated carbocycles. The number of benzene rings is 2. The van der Waals surface area contributed by atoms with Crippen molar-refractivity contribution in [3.8, 4) is 11.5 Å². The Morgan fingerprint density at radius 1 is 1.09 bits per heavy atom. The highest BCUT2D eigenvalue weighted by Crippen LogP contribution is 2.30. The van der Waals surface area contributed by atoms with Gasteiger partial charge in [0.25, 0.3) is 0 Å². The summed E-state index contributed by atoms with van der Waals surface area (Å²) in [4.78, 5) is 6.62. The van der Waals surface area contributed by atoms with E-state index in [1.54, 1.807) is 21.3 Å². The molecule has 0 aromatic heterocycles. The van der Waals surface area contributed by atoms with E-state index in [2.05, 4.69) is 20.5 Å². The summed E-state index contributed by atoms with van der Waals surface area (Å²) in [6.45, 7) is 4.17. The smallest absolute Gasteiger partial charge is 0.191 e. The lowest BCUT2D eigenvalue weighted by atomic mass is 10.0. The van der Waals surface area contributed by atoms with Crippen LogP contribution < -0.4 is 25.0 Å². The van der Waals surface area contributed by atoms with E-state index in [9.17, 15) is 8.78 Å². The van der Waals surface area contributed by atoms with Crippen LogP contribution in [0.25, 0.3) is 0 Å². The maximum absolute atomic E-state index is 14.0.